The van der Waals surface area contributed by atoms with Gasteiger partial charge in [0.15, 0.2) is 5.82 Å². The van der Waals surface area contributed by atoms with Gasteiger partial charge in [-0.3, -0.25) is 0 Å². The zero-order chi connectivity index (χ0) is 11.7. The van der Waals surface area contributed by atoms with Gasteiger partial charge in [-0.05, 0) is 34.1 Å². The lowest BCUT2D eigenvalue weighted by atomic mass is 10.2. The summed E-state index contributed by atoms with van der Waals surface area (Å²) in [7, 11) is 1.83. The quantitative estimate of drug-likeness (QED) is 0.916. The van der Waals surface area contributed by atoms with Gasteiger partial charge in [0.2, 0.25) is 0 Å². The van der Waals surface area contributed by atoms with Crippen molar-refractivity contribution in [2.24, 2.45) is 12.8 Å². The first-order valence-corrected chi connectivity index (χ1v) is 5.46. The molecule has 0 bridgehead atoms. The molecular formula is C10H10BrFN4. The molecule has 0 aliphatic heterocycles. The Morgan fingerprint density at radius 2 is 2.19 bits per heavy atom. The number of halogens is 2. The van der Waals surface area contributed by atoms with Crippen LogP contribution in [0.3, 0.4) is 0 Å². The van der Waals surface area contributed by atoms with Crippen molar-refractivity contribution in [2.75, 3.05) is 0 Å². The summed E-state index contributed by atoms with van der Waals surface area (Å²) in [6.45, 7) is 0.322. The van der Waals surface area contributed by atoms with Crippen LogP contribution in [0, 0.1) is 5.82 Å². The van der Waals surface area contributed by atoms with Crippen molar-refractivity contribution in [3.63, 3.8) is 0 Å². The lowest BCUT2D eigenvalue weighted by molar-refractivity contribution is 0.627. The molecule has 0 spiro atoms. The second kappa shape index (κ2) is 4.31. The molecule has 0 unspecified atom stereocenters. The second-order valence-electron chi connectivity index (χ2n) is 3.33. The Balaban J connectivity index is 2.54. The summed E-state index contributed by atoms with van der Waals surface area (Å²) >= 11 is 3.30. The Morgan fingerprint density at radius 3 is 2.75 bits per heavy atom. The van der Waals surface area contributed by atoms with Crippen LogP contribution in [0.5, 0.6) is 0 Å². The van der Waals surface area contributed by atoms with Crippen LogP contribution in [0.25, 0.3) is 11.4 Å². The van der Waals surface area contributed by atoms with Crippen LogP contribution >= 0.6 is 15.9 Å². The minimum atomic E-state index is -0.295. The van der Waals surface area contributed by atoms with Gasteiger partial charge < -0.3 is 10.3 Å². The Morgan fingerprint density at radius 1 is 1.44 bits per heavy atom. The monoisotopic (exact) mass is 284 g/mol. The molecule has 1 heterocycles. The van der Waals surface area contributed by atoms with Crippen molar-refractivity contribution in [1.29, 1.82) is 0 Å². The van der Waals surface area contributed by atoms with Gasteiger partial charge in [-0.25, -0.2) is 4.39 Å². The molecule has 2 rings (SSSR count). The normalized spacial score (nSPS) is 10.8. The van der Waals surface area contributed by atoms with Crippen LogP contribution < -0.4 is 5.73 Å². The average molecular weight is 285 g/mol. The van der Waals surface area contributed by atoms with E-state index < -0.39 is 0 Å². The standard InChI is InChI=1S/C10H10BrFN4/c1-16-9(5-13)14-15-10(16)7-3-2-6(12)4-8(7)11/h2-4H,5,13H2,1H3. The molecule has 0 atom stereocenters. The van der Waals surface area contributed by atoms with Crippen LogP contribution in [-0.4, -0.2) is 14.8 Å². The summed E-state index contributed by atoms with van der Waals surface area (Å²) in [6.07, 6.45) is 0. The van der Waals surface area contributed by atoms with Crippen LogP contribution in [0.1, 0.15) is 5.82 Å². The SMILES string of the molecule is Cn1c(CN)nnc1-c1ccc(F)cc1Br. The summed E-state index contributed by atoms with van der Waals surface area (Å²) in [5.41, 5.74) is 6.30. The first-order valence-electron chi connectivity index (χ1n) is 4.67. The topological polar surface area (TPSA) is 56.7 Å². The van der Waals surface area contributed by atoms with E-state index >= 15 is 0 Å². The molecule has 84 valence electrons. The highest BCUT2D eigenvalue weighted by atomic mass is 79.9. The molecule has 0 radical (unpaired) electrons. The fraction of sp³-hybridized carbons (Fsp3) is 0.200. The third kappa shape index (κ3) is 1.85. The molecule has 2 aromatic rings. The fourth-order valence-electron chi connectivity index (χ4n) is 1.44. The largest absolute Gasteiger partial charge is 0.324 e. The fourth-order valence-corrected chi connectivity index (χ4v) is 1.97. The molecule has 0 amide bonds. The van der Waals surface area contributed by atoms with E-state index in [0.29, 0.717) is 22.7 Å². The van der Waals surface area contributed by atoms with E-state index in [9.17, 15) is 4.39 Å². The number of rotatable bonds is 2. The Labute approximate surface area is 100 Å². The number of nitrogens with two attached hydrogens (primary N) is 1. The molecular weight excluding hydrogens is 275 g/mol. The van der Waals surface area contributed by atoms with E-state index in [1.807, 2.05) is 7.05 Å². The van der Waals surface area contributed by atoms with Gasteiger partial charge in [0.05, 0.1) is 6.54 Å². The van der Waals surface area contributed by atoms with Crippen molar-refractivity contribution >= 4 is 15.9 Å². The first-order chi connectivity index (χ1) is 7.63. The minimum absolute atomic E-state index is 0.295. The molecule has 1 aromatic carbocycles. The van der Waals surface area contributed by atoms with E-state index in [0.717, 1.165) is 5.56 Å². The minimum Gasteiger partial charge on any atom is -0.324 e. The summed E-state index contributed by atoms with van der Waals surface area (Å²) in [5, 5.41) is 7.98. The summed E-state index contributed by atoms with van der Waals surface area (Å²) in [4.78, 5) is 0. The summed E-state index contributed by atoms with van der Waals surface area (Å²) < 4.78 is 15.4. The van der Waals surface area contributed by atoms with Gasteiger partial charge in [-0.15, -0.1) is 10.2 Å². The van der Waals surface area contributed by atoms with Gasteiger partial charge >= 0.3 is 0 Å². The molecule has 0 aliphatic rings. The molecule has 0 aliphatic carbocycles. The summed E-state index contributed by atoms with van der Waals surface area (Å²) in [5.74, 6) is 1.05. The van der Waals surface area contributed by atoms with Gasteiger partial charge in [0, 0.05) is 17.1 Å². The smallest absolute Gasteiger partial charge is 0.164 e. The second-order valence-corrected chi connectivity index (χ2v) is 4.18. The lowest BCUT2D eigenvalue weighted by Crippen LogP contribution is -2.05. The van der Waals surface area contributed by atoms with E-state index in [2.05, 4.69) is 26.1 Å². The highest BCUT2D eigenvalue weighted by Crippen LogP contribution is 2.27. The zero-order valence-electron chi connectivity index (χ0n) is 8.61. The highest BCUT2D eigenvalue weighted by molar-refractivity contribution is 9.10. The number of nitrogens with zero attached hydrogens (tertiary/aromatic N) is 3. The molecule has 2 N–H and O–H groups in total. The third-order valence-corrected chi connectivity index (χ3v) is 2.98. The van der Waals surface area contributed by atoms with Crippen LogP contribution in [0.15, 0.2) is 22.7 Å². The van der Waals surface area contributed by atoms with E-state index in [1.54, 1.807) is 10.6 Å². The summed E-state index contributed by atoms with van der Waals surface area (Å²) in [6, 6.07) is 4.44. The van der Waals surface area contributed by atoms with Gasteiger partial charge in [-0.1, -0.05) is 0 Å². The van der Waals surface area contributed by atoms with Crippen molar-refractivity contribution < 1.29 is 4.39 Å². The molecule has 16 heavy (non-hydrogen) atoms. The van der Waals surface area contributed by atoms with E-state index in [4.69, 9.17) is 5.73 Å². The Hall–Kier alpha value is -1.27. The Kier molecular flexibility index (Phi) is 3.02. The number of aromatic nitrogens is 3. The average Bonchev–Trinajstić information content (AvgIpc) is 2.60. The maximum atomic E-state index is 12.9. The predicted molar refractivity (Wildman–Crippen MR) is 62.0 cm³/mol. The van der Waals surface area contributed by atoms with Crippen molar-refractivity contribution in [3.05, 3.63) is 34.3 Å². The molecule has 4 nitrogen and oxygen atoms in total. The van der Waals surface area contributed by atoms with Crippen LogP contribution in [0.4, 0.5) is 4.39 Å². The maximum absolute atomic E-state index is 12.9. The molecule has 0 saturated heterocycles. The predicted octanol–water partition coefficient (Wildman–Crippen LogP) is 1.84. The molecule has 0 saturated carbocycles. The third-order valence-electron chi connectivity index (χ3n) is 2.32. The van der Waals surface area contributed by atoms with Crippen LogP contribution in [-0.2, 0) is 13.6 Å². The van der Waals surface area contributed by atoms with Crippen LogP contribution in [0.2, 0.25) is 0 Å². The molecule has 0 fully saturated rings. The lowest BCUT2D eigenvalue weighted by Gasteiger charge is -2.04. The first kappa shape index (κ1) is 11.2. The highest BCUT2D eigenvalue weighted by Gasteiger charge is 2.12. The van der Waals surface area contributed by atoms with Gasteiger partial charge in [0.1, 0.15) is 11.6 Å². The number of benzene rings is 1. The van der Waals surface area contributed by atoms with Crippen molar-refractivity contribution in [1.82, 2.24) is 14.8 Å². The number of hydrogen-bond donors (Lipinski definition) is 1. The zero-order valence-corrected chi connectivity index (χ0v) is 10.2. The van der Waals surface area contributed by atoms with Gasteiger partial charge in [0.25, 0.3) is 0 Å². The molecule has 1 aromatic heterocycles. The van der Waals surface area contributed by atoms with Gasteiger partial charge in [-0.2, -0.15) is 0 Å². The molecule has 6 heteroatoms. The van der Waals surface area contributed by atoms with Crippen molar-refractivity contribution in [2.45, 2.75) is 6.54 Å². The van der Waals surface area contributed by atoms with Crippen molar-refractivity contribution in [3.8, 4) is 11.4 Å². The Bertz CT molecular complexity index is 524. The van der Waals surface area contributed by atoms with E-state index in [1.165, 1.54) is 12.1 Å². The number of hydrogen-bond acceptors (Lipinski definition) is 3. The maximum Gasteiger partial charge on any atom is 0.164 e. The van der Waals surface area contributed by atoms with E-state index in [-0.39, 0.29) is 5.82 Å².